The van der Waals surface area contributed by atoms with Gasteiger partial charge in [-0.3, -0.25) is 15.0 Å². The molecule has 0 aliphatic rings. The van der Waals surface area contributed by atoms with Gasteiger partial charge < -0.3 is 14.2 Å². The topological polar surface area (TPSA) is 66.4 Å². The zero-order valence-electron chi connectivity index (χ0n) is 36.6. The molecular weight excluding hydrogens is 727 g/mol. The van der Waals surface area contributed by atoms with Crippen LogP contribution in [0.4, 0.5) is 0 Å². The van der Waals surface area contributed by atoms with Gasteiger partial charge >= 0.3 is 0 Å². The highest BCUT2D eigenvalue weighted by atomic mass is 16.5. The second kappa shape index (κ2) is 26.9. The van der Waals surface area contributed by atoms with E-state index in [1.165, 1.54) is 19.3 Å². The number of methoxy groups -OCH3 is 2. The minimum Gasteiger partial charge on any atom is -0.375 e. The molecule has 6 nitrogen and oxygen atoms in total. The summed E-state index contributed by atoms with van der Waals surface area (Å²) in [4.78, 5) is 14.3. The van der Waals surface area contributed by atoms with Crippen molar-refractivity contribution >= 4 is 0 Å². The molecule has 312 valence electrons. The van der Waals surface area contributed by atoms with E-state index in [4.69, 9.17) is 29.2 Å². The molecule has 0 aliphatic heterocycles. The summed E-state index contributed by atoms with van der Waals surface area (Å²) in [6.45, 7) is 11.7. The Morgan fingerprint density at radius 2 is 0.814 bits per heavy atom. The lowest BCUT2D eigenvalue weighted by Crippen LogP contribution is -2.10. The Balaban J connectivity index is 0.000000197. The maximum atomic E-state index is 6.10. The number of nitrogens with zero attached hydrogens (tertiary/aromatic N) is 3. The lowest BCUT2D eigenvalue weighted by Gasteiger charge is -2.19. The molecule has 0 N–H and O–H groups in total. The van der Waals surface area contributed by atoms with E-state index >= 15 is 0 Å². The third-order valence-corrected chi connectivity index (χ3v) is 10.1. The molecule has 0 amide bonds. The van der Waals surface area contributed by atoms with E-state index in [9.17, 15) is 0 Å². The van der Waals surface area contributed by atoms with Crippen LogP contribution in [0, 0.1) is 5.92 Å². The van der Waals surface area contributed by atoms with Crippen LogP contribution in [-0.4, -0.2) is 35.8 Å². The van der Waals surface area contributed by atoms with Gasteiger partial charge in [0.05, 0.1) is 46.4 Å². The molecule has 59 heavy (non-hydrogen) atoms. The SMILES string of the molecule is CCCCC(OC)c1cccc(-c2ccccc2)n1.CCCCOC(CCCC)c1cccc(-c2ccccc2)n1.COC(c1cccc(-c2ccccc2)n1)C(C)C. The number of benzene rings is 3. The number of hydrogen-bond donors (Lipinski definition) is 0. The fraction of sp³-hybridized carbons (Fsp3) is 0.377. The minimum absolute atomic E-state index is 0.0497. The van der Waals surface area contributed by atoms with Gasteiger partial charge in [-0.2, -0.15) is 0 Å². The standard InChI is InChI=1S/C20H27NO.C17H21NO.C16H19NO/c1-3-5-15-20(22-16-6-4-2)19-14-10-13-18(21-19)17-11-8-7-9-12-17;1-3-4-13-17(19-2)16-12-8-11-15(18-16)14-9-6-5-7-10-14;1-12(2)16(18-3)15-11-7-10-14(17-15)13-8-5-4-6-9-13/h7-14,20H,3-6,15-16H2,1-2H3;5-12,17H,3-4,13H2,1-2H3;4-12,16H,1-3H3. The van der Waals surface area contributed by atoms with Gasteiger partial charge in [-0.1, -0.05) is 176 Å². The summed E-state index contributed by atoms with van der Waals surface area (Å²) >= 11 is 0. The smallest absolute Gasteiger partial charge is 0.101 e. The van der Waals surface area contributed by atoms with Gasteiger partial charge in [0, 0.05) is 37.5 Å². The summed E-state index contributed by atoms with van der Waals surface area (Å²) in [5.41, 5.74) is 9.56. The van der Waals surface area contributed by atoms with Crippen molar-refractivity contribution in [3.63, 3.8) is 0 Å². The molecule has 3 aromatic heterocycles. The first kappa shape index (κ1) is 46.7. The maximum absolute atomic E-state index is 6.10. The minimum atomic E-state index is 0.0497. The Bertz CT molecular complexity index is 1990. The number of hydrogen-bond acceptors (Lipinski definition) is 6. The lowest BCUT2D eigenvalue weighted by atomic mass is 10.0. The van der Waals surface area contributed by atoms with Crippen molar-refractivity contribution in [2.75, 3.05) is 20.8 Å². The summed E-state index contributed by atoms with van der Waals surface area (Å²) in [7, 11) is 3.50. The summed E-state index contributed by atoms with van der Waals surface area (Å²) in [5.74, 6) is 0.411. The fourth-order valence-corrected chi connectivity index (χ4v) is 6.77. The molecule has 3 aromatic carbocycles. The molecule has 0 radical (unpaired) electrons. The molecule has 3 unspecified atom stereocenters. The Morgan fingerprint density at radius 1 is 0.424 bits per heavy atom. The first-order valence-corrected chi connectivity index (χ1v) is 21.7. The third-order valence-electron chi connectivity index (χ3n) is 10.1. The zero-order chi connectivity index (χ0) is 42.1. The van der Waals surface area contributed by atoms with Crippen molar-refractivity contribution in [3.8, 4) is 33.8 Å². The molecule has 0 bridgehead atoms. The molecule has 6 rings (SSSR count). The van der Waals surface area contributed by atoms with Crippen molar-refractivity contribution in [2.24, 2.45) is 5.92 Å². The summed E-state index contributed by atoms with van der Waals surface area (Å²) in [6, 6.07) is 49.3. The second-order valence-electron chi connectivity index (χ2n) is 15.1. The molecule has 3 atom stereocenters. The number of ether oxygens (including phenoxy) is 3. The number of aromatic nitrogens is 3. The fourth-order valence-electron chi connectivity index (χ4n) is 6.77. The van der Waals surface area contributed by atoms with E-state index in [1.807, 2.05) is 66.7 Å². The molecule has 0 spiro atoms. The van der Waals surface area contributed by atoms with Gasteiger partial charge in [0.1, 0.15) is 6.10 Å². The van der Waals surface area contributed by atoms with Crippen LogP contribution in [0.1, 0.15) is 121 Å². The van der Waals surface area contributed by atoms with Gasteiger partial charge in [-0.15, -0.1) is 0 Å². The maximum Gasteiger partial charge on any atom is 0.101 e. The summed E-state index contributed by atoms with van der Waals surface area (Å²) < 4.78 is 17.2. The predicted octanol–water partition coefficient (Wildman–Crippen LogP) is 14.5. The van der Waals surface area contributed by atoms with Crippen LogP contribution in [-0.2, 0) is 14.2 Å². The quantitative estimate of drug-likeness (QED) is 0.0761. The van der Waals surface area contributed by atoms with E-state index in [1.54, 1.807) is 14.2 Å². The van der Waals surface area contributed by atoms with Crippen molar-refractivity contribution in [1.82, 2.24) is 15.0 Å². The van der Waals surface area contributed by atoms with Crippen LogP contribution in [0.15, 0.2) is 146 Å². The highest BCUT2D eigenvalue weighted by Gasteiger charge is 2.17. The van der Waals surface area contributed by atoms with Gasteiger partial charge in [0.15, 0.2) is 0 Å². The molecule has 0 aliphatic carbocycles. The number of pyridine rings is 3. The Labute approximate surface area is 355 Å². The Morgan fingerprint density at radius 3 is 1.20 bits per heavy atom. The highest BCUT2D eigenvalue weighted by Crippen LogP contribution is 2.28. The van der Waals surface area contributed by atoms with Crippen LogP contribution in [0.25, 0.3) is 33.8 Å². The van der Waals surface area contributed by atoms with E-state index in [-0.39, 0.29) is 18.3 Å². The summed E-state index contributed by atoms with van der Waals surface area (Å²) in [6.07, 6.45) is 9.32. The zero-order valence-corrected chi connectivity index (χ0v) is 36.6. The van der Waals surface area contributed by atoms with E-state index < -0.39 is 0 Å². The van der Waals surface area contributed by atoms with Crippen molar-refractivity contribution in [2.45, 2.75) is 104 Å². The van der Waals surface area contributed by atoms with Crippen LogP contribution in [0.5, 0.6) is 0 Å². The average Bonchev–Trinajstić information content (AvgIpc) is 3.29. The first-order valence-electron chi connectivity index (χ1n) is 21.7. The molecular formula is C53H67N3O3. The van der Waals surface area contributed by atoms with E-state index in [0.717, 1.165) is 89.6 Å². The molecule has 3 heterocycles. The molecule has 0 saturated carbocycles. The highest BCUT2D eigenvalue weighted by molar-refractivity contribution is 5.60. The van der Waals surface area contributed by atoms with Crippen LogP contribution >= 0.6 is 0 Å². The van der Waals surface area contributed by atoms with Crippen molar-refractivity contribution in [3.05, 3.63) is 163 Å². The van der Waals surface area contributed by atoms with Crippen LogP contribution in [0.3, 0.4) is 0 Å². The van der Waals surface area contributed by atoms with E-state index in [2.05, 4.69) is 113 Å². The Hall–Kier alpha value is -5.01. The third kappa shape index (κ3) is 15.6. The first-order chi connectivity index (χ1) is 28.9. The number of rotatable bonds is 19. The normalized spacial score (nSPS) is 12.4. The van der Waals surface area contributed by atoms with Gasteiger partial charge in [0.2, 0.25) is 0 Å². The van der Waals surface area contributed by atoms with Gasteiger partial charge in [-0.25, -0.2) is 0 Å². The van der Waals surface area contributed by atoms with Crippen molar-refractivity contribution < 1.29 is 14.2 Å². The summed E-state index contributed by atoms with van der Waals surface area (Å²) in [5, 5.41) is 0. The second-order valence-corrected chi connectivity index (χ2v) is 15.1. The predicted molar refractivity (Wildman–Crippen MR) is 246 cm³/mol. The van der Waals surface area contributed by atoms with Crippen molar-refractivity contribution in [1.29, 1.82) is 0 Å². The largest absolute Gasteiger partial charge is 0.375 e. The van der Waals surface area contributed by atoms with Crippen LogP contribution < -0.4 is 0 Å². The molecule has 6 aromatic rings. The molecule has 0 fully saturated rings. The monoisotopic (exact) mass is 794 g/mol. The van der Waals surface area contributed by atoms with E-state index in [0.29, 0.717) is 5.92 Å². The van der Waals surface area contributed by atoms with Gasteiger partial charge in [-0.05, 0) is 61.6 Å². The van der Waals surface area contributed by atoms with Crippen LogP contribution in [0.2, 0.25) is 0 Å². The Kier molecular flexibility index (Phi) is 21.3. The lowest BCUT2D eigenvalue weighted by molar-refractivity contribution is 0.0405. The van der Waals surface area contributed by atoms with Gasteiger partial charge in [0.25, 0.3) is 0 Å². The molecule has 6 heteroatoms. The molecule has 0 saturated heterocycles. The number of unbranched alkanes of at least 4 members (excludes halogenated alkanes) is 3. The average molecular weight is 794 g/mol.